The predicted molar refractivity (Wildman–Crippen MR) is 57.8 cm³/mol. The van der Waals surface area contributed by atoms with E-state index in [1.807, 2.05) is 0 Å². The summed E-state index contributed by atoms with van der Waals surface area (Å²) < 4.78 is 5.49. The summed E-state index contributed by atoms with van der Waals surface area (Å²) in [7, 11) is 0. The second kappa shape index (κ2) is 4.13. The van der Waals surface area contributed by atoms with Gasteiger partial charge in [-0.05, 0) is 25.1 Å². The van der Waals surface area contributed by atoms with Gasteiger partial charge >= 0.3 is 0 Å². The van der Waals surface area contributed by atoms with Gasteiger partial charge in [0.25, 0.3) is 0 Å². The number of rotatable bonds is 3. The average Bonchev–Trinajstić information content (AvgIpc) is 2.79. The maximum atomic E-state index is 5.53. The molecule has 0 saturated carbocycles. The summed E-state index contributed by atoms with van der Waals surface area (Å²) in [5, 5.41) is 0. The molecule has 0 radical (unpaired) electrons. The van der Waals surface area contributed by atoms with Gasteiger partial charge in [-0.2, -0.15) is 0 Å². The van der Waals surface area contributed by atoms with E-state index in [2.05, 4.69) is 30.6 Å². The summed E-state index contributed by atoms with van der Waals surface area (Å²) >= 11 is 1.74. The summed E-state index contributed by atoms with van der Waals surface area (Å²) in [5.74, 6) is 6.48. The number of nitrogens with two attached hydrogens (primary N) is 1. The first-order chi connectivity index (χ1) is 6.81. The number of aryl methyl sites for hydroxylation is 1. The topological polar surface area (TPSA) is 47.3 Å². The number of hydrogen-bond donors (Lipinski definition) is 2. The maximum Gasteiger partial charge on any atom is 0.116 e. The lowest BCUT2D eigenvalue weighted by Gasteiger charge is -2.15. The first kappa shape index (κ1) is 9.71. The highest BCUT2D eigenvalue weighted by Crippen LogP contribution is 2.30. The van der Waals surface area contributed by atoms with E-state index in [9.17, 15) is 0 Å². The van der Waals surface area contributed by atoms with Crippen LogP contribution in [0.3, 0.4) is 0 Å². The van der Waals surface area contributed by atoms with Gasteiger partial charge in [-0.3, -0.25) is 5.84 Å². The standard InChI is InChI=1S/C10H14N2OS/c1-7-4-5-9(14-7)10(12-11)8-3-2-6-13-8/h3-5,10,12H,2,6,11H2,1H3. The van der Waals surface area contributed by atoms with Crippen LogP contribution in [0.5, 0.6) is 0 Å². The molecule has 0 aromatic carbocycles. The van der Waals surface area contributed by atoms with Gasteiger partial charge in [0.05, 0.1) is 6.61 Å². The molecule has 1 aromatic heterocycles. The molecule has 2 rings (SSSR count). The molecule has 3 N–H and O–H groups in total. The number of ether oxygens (including phenoxy) is 1. The minimum atomic E-state index is 0.0243. The van der Waals surface area contributed by atoms with Crippen LogP contribution in [0, 0.1) is 6.92 Å². The second-order valence-electron chi connectivity index (χ2n) is 3.29. The first-order valence-corrected chi connectivity index (χ1v) is 5.48. The monoisotopic (exact) mass is 210 g/mol. The molecule has 2 heterocycles. The highest BCUT2D eigenvalue weighted by Gasteiger charge is 2.20. The molecule has 0 fully saturated rings. The molecule has 0 saturated heterocycles. The molecule has 3 nitrogen and oxygen atoms in total. The van der Waals surface area contributed by atoms with Crippen LogP contribution < -0.4 is 11.3 Å². The zero-order valence-corrected chi connectivity index (χ0v) is 8.93. The number of thiophene rings is 1. The van der Waals surface area contributed by atoms with Crippen molar-refractivity contribution in [1.29, 1.82) is 0 Å². The van der Waals surface area contributed by atoms with Crippen molar-refractivity contribution in [3.05, 3.63) is 33.7 Å². The number of nitrogens with one attached hydrogen (secondary N) is 1. The summed E-state index contributed by atoms with van der Waals surface area (Å²) in [6, 6.07) is 4.21. The lowest BCUT2D eigenvalue weighted by atomic mass is 10.2. The van der Waals surface area contributed by atoms with E-state index in [4.69, 9.17) is 10.6 Å². The van der Waals surface area contributed by atoms with Gasteiger partial charge in [0.2, 0.25) is 0 Å². The average molecular weight is 210 g/mol. The first-order valence-electron chi connectivity index (χ1n) is 4.66. The van der Waals surface area contributed by atoms with E-state index >= 15 is 0 Å². The van der Waals surface area contributed by atoms with Crippen LogP contribution in [0.25, 0.3) is 0 Å². The van der Waals surface area contributed by atoms with Gasteiger partial charge in [0.15, 0.2) is 0 Å². The van der Waals surface area contributed by atoms with E-state index in [-0.39, 0.29) is 6.04 Å². The van der Waals surface area contributed by atoms with E-state index in [1.54, 1.807) is 11.3 Å². The van der Waals surface area contributed by atoms with Crippen molar-refractivity contribution in [3.63, 3.8) is 0 Å². The van der Waals surface area contributed by atoms with Crippen molar-refractivity contribution in [1.82, 2.24) is 5.43 Å². The van der Waals surface area contributed by atoms with Gasteiger partial charge in [-0.1, -0.05) is 0 Å². The highest BCUT2D eigenvalue weighted by atomic mass is 32.1. The Morgan fingerprint density at radius 1 is 1.57 bits per heavy atom. The van der Waals surface area contributed by atoms with Gasteiger partial charge in [-0.15, -0.1) is 11.3 Å². The molecule has 4 heteroatoms. The molecular weight excluding hydrogens is 196 g/mol. The van der Waals surface area contributed by atoms with E-state index in [1.165, 1.54) is 9.75 Å². The van der Waals surface area contributed by atoms with Gasteiger partial charge in [0, 0.05) is 16.2 Å². The van der Waals surface area contributed by atoms with Crippen LogP contribution in [-0.2, 0) is 4.74 Å². The lowest BCUT2D eigenvalue weighted by Crippen LogP contribution is -2.29. The lowest BCUT2D eigenvalue weighted by molar-refractivity contribution is 0.216. The normalized spacial score (nSPS) is 17.7. The fourth-order valence-electron chi connectivity index (χ4n) is 1.55. The fourth-order valence-corrected chi connectivity index (χ4v) is 2.50. The number of hydrogen-bond acceptors (Lipinski definition) is 4. The zero-order chi connectivity index (χ0) is 9.97. The maximum absolute atomic E-state index is 5.53. The quantitative estimate of drug-likeness (QED) is 0.591. The molecule has 0 spiro atoms. The summed E-state index contributed by atoms with van der Waals surface area (Å²) in [5.41, 5.74) is 2.79. The second-order valence-corrected chi connectivity index (χ2v) is 4.61. The molecule has 1 aliphatic rings. The largest absolute Gasteiger partial charge is 0.496 e. The van der Waals surface area contributed by atoms with Crippen molar-refractivity contribution in [2.24, 2.45) is 5.84 Å². The van der Waals surface area contributed by atoms with E-state index < -0.39 is 0 Å². The predicted octanol–water partition coefficient (Wildman–Crippen LogP) is 1.87. The Labute approximate surface area is 87.5 Å². The molecule has 14 heavy (non-hydrogen) atoms. The van der Waals surface area contributed by atoms with Crippen molar-refractivity contribution in [2.75, 3.05) is 6.61 Å². The molecule has 0 amide bonds. The van der Waals surface area contributed by atoms with Gasteiger partial charge < -0.3 is 4.74 Å². The molecule has 1 aromatic rings. The van der Waals surface area contributed by atoms with E-state index in [0.717, 1.165) is 18.8 Å². The van der Waals surface area contributed by atoms with Crippen LogP contribution in [0.4, 0.5) is 0 Å². The molecule has 76 valence electrons. The third-order valence-electron chi connectivity index (χ3n) is 2.23. The van der Waals surface area contributed by atoms with Crippen LogP contribution in [0.2, 0.25) is 0 Å². The molecule has 1 atom stereocenters. The minimum Gasteiger partial charge on any atom is -0.496 e. The third-order valence-corrected chi connectivity index (χ3v) is 3.29. The fraction of sp³-hybridized carbons (Fsp3) is 0.400. The Balaban J connectivity index is 2.20. The highest BCUT2D eigenvalue weighted by molar-refractivity contribution is 7.12. The molecule has 1 unspecified atom stereocenters. The summed E-state index contributed by atoms with van der Waals surface area (Å²) in [4.78, 5) is 2.50. The Hall–Kier alpha value is -0.840. The zero-order valence-electron chi connectivity index (χ0n) is 8.12. The molecule has 1 aliphatic heterocycles. The van der Waals surface area contributed by atoms with Crippen molar-refractivity contribution < 1.29 is 4.74 Å². The van der Waals surface area contributed by atoms with Crippen molar-refractivity contribution in [3.8, 4) is 0 Å². The Morgan fingerprint density at radius 2 is 2.43 bits per heavy atom. The van der Waals surface area contributed by atoms with Crippen LogP contribution in [-0.4, -0.2) is 6.61 Å². The van der Waals surface area contributed by atoms with Crippen LogP contribution in [0.15, 0.2) is 24.0 Å². The third kappa shape index (κ3) is 1.82. The van der Waals surface area contributed by atoms with Crippen LogP contribution >= 0.6 is 11.3 Å². The molecule has 0 bridgehead atoms. The molecule has 0 aliphatic carbocycles. The molecular formula is C10H14N2OS. The van der Waals surface area contributed by atoms with Crippen LogP contribution in [0.1, 0.15) is 22.2 Å². The Bertz CT molecular complexity index is 346. The van der Waals surface area contributed by atoms with Gasteiger partial charge in [-0.25, -0.2) is 5.43 Å². The van der Waals surface area contributed by atoms with Crippen molar-refractivity contribution >= 4 is 11.3 Å². The SMILES string of the molecule is Cc1ccc(C(NN)C2=CCCO2)s1. The Kier molecular flexibility index (Phi) is 2.86. The smallest absolute Gasteiger partial charge is 0.116 e. The number of hydrazine groups is 1. The summed E-state index contributed by atoms with van der Waals surface area (Å²) in [6.07, 6.45) is 3.08. The van der Waals surface area contributed by atoms with Gasteiger partial charge in [0.1, 0.15) is 11.8 Å². The van der Waals surface area contributed by atoms with Crippen molar-refractivity contribution in [2.45, 2.75) is 19.4 Å². The van der Waals surface area contributed by atoms with E-state index in [0.29, 0.717) is 0 Å². The Morgan fingerprint density at radius 3 is 2.93 bits per heavy atom. The summed E-state index contributed by atoms with van der Waals surface area (Å²) in [6.45, 7) is 2.86. The minimum absolute atomic E-state index is 0.0243.